The number of aryl methyl sites for hydroxylation is 1. The van der Waals surface area contributed by atoms with Crippen LogP contribution in [0.2, 0.25) is 0 Å². The summed E-state index contributed by atoms with van der Waals surface area (Å²) < 4.78 is 37.7. The maximum atomic E-state index is 14.6. The number of ketones is 3. The Hall–Kier alpha value is -4.71. The average molecular weight is 1050 g/mol. The predicted octanol–water partition coefficient (Wildman–Crippen LogP) is 7.03. The Morgan fingerprint density at radius 1 is 0.853 bits per heavy atom. The van der Waals surface area contributed by atoms with E-state index in [9.17, 15) is 39.0 Å². The molecule has 0 aromatic carbocycles. The Morgan fingerprint density at radius 2 is 1.57 bits per heavy atom. The fourth-order valence-electron chi connectivity index (χ4n) is 11.2. The van der Waals surface area contributed by atoms with Gasteiger partial charge in [0.25, 0.3) is 11.7 Å². The lowest BCUT2D eigenvalue weighted by molar-refractivity contribution is -0.686. The quantitative estimate of drug-likeness (QED) is 0.110. The van der Waals surface area contributed by atoms with Crippen LogP contribution in [0.3, 0.4) is 0 Å². The molecule has 16 heteroatoms. The van der Waals surface area contributed by atoms with Crippen LogP contribution in [0.25, 0.3) is 0 Å². The zero-order valence-corrected chi connectivity index (χ0v) is 46.4. The van der Waals surface area contributed by atoms with Crippen LogP contribution in [0.1, 0.15) is 131 Å². The number of nitrogens with zero attached hydrogens (tertiary/aromatic N) is 2. The van der Waals surface area contributed by atoms with E-state index in [0.29, 0.717) is 69.8 Å². The van der Waals surface area contributed by atoms with Crippen LogP contribution in [-0.2, 0) is 63.7 Å². The summed E-state index contributed by atoms with van der Waals surface area (Å²) in [4.78, 5) is 87.2. The molecule has 16 nitrogen and oxygen atoms in total. The number of ether oxygens (including phenoxy) is 6. The molecule has 0 spiro atoms. The SMILES string of the molecule is CO[C@H]1C[C@@H]2CC[C@@H](C)[C@@](O)(O2)C(=O)C(=O)N2CCCC[C@H]2C(=O)O[C@H]([C@H](C)C[C@@H]2CC[C@@H](O)[C@H](OC)C2)CC(=O)[C@H](C)/C=C(\C)[C@@H](OC(=O)C[n+]2ccc(C)cc2)[C@@H](OC)C(=O)[C@H](C)C[C@H](C)/C=C/C=CC=C1C. The number of fused-ring (bicyclic) bond motifs is 3. The van der Waals surface area contributed by atoms with Gasteiger partial charge in [-0.2, -0.15) is 4.57 Å². The van der Waals surface area contributed by atoms with Crippen LogP contribution in [0, 0.1) is 42.4 Å². The number of amides is 1. The number of carbonyl (C=O) groups excluding carboxylic acids is 6. The third kappa shape index (κ3) is 16.6. The molecule has 1 amide bonds. The van der Waals surface area contributed by atoms with Gasteiger partial charge < -0.3 is 43.5 Å². The van der Waals surface area contributed by atoms with E-state index in [1.165, 1.54) is 12.0 Å². The first-order chi connectivity index (χ1) is 35.6. The van der Waals surface area contributed by atoms with Gasteiger partial charge >= 0.3 is 11.9 Å². The van der Waals surface area contributed by atoms with Crippen molar-refractivity contribution in [2.45, 2.75) is 194 Å². The number of hydrogen-bond donors (Lipinski definition) is 2. The summed E-state index contributed by atoms with van der Waals surface area (Å²) in [5.74, 6) is -9.00. The Labute approximate surface area is 445 Å². The molecule has 2 N–H and O–H groups in total. The number of piperidine rings is 1. The van der Waals surface area contributed by atoms with Crippen LogP contribution in [0.15, 0.2) is 72.1 Å². The van der Waals surface area contributed by atoms with E-state index in [1.807, 2.05) is 77.1 Å². The van der Waals surface area contributed by atoms with Gasteiger partial charge in [0.05, 0.1) is 24.4 Å². The van der Waals surface area contributed by atoms with Crippen LogP contribution in [-0.4, -0.2) is 133 Å². The van der Waals surface area contributed by atoms with E-state index in [-0.39, 0.29) is 61.4 Å². The minimum Gasteiger partial charge on any atom is -0.460 e. The molecular formula is C59H87N2O14+. The molecule has 5 rings (SSSR count). The Bertz CT molecular complexity index is 2240. The van der Waals surface area contributed by atoms with Crippen molar-refractivity contribution in [3.63, 3.8) is 0 Å². The number of cyclic esters (lactones) is 1. The van der Waals surface area contributed by atoms with Crippen LogP contribution >= 0.6 is 0 Å². The lowest BCUT2D eigenvalue weighted by Gasteiger charge is -2.42. The molecule has 3 aliphatic heterocycles. The first-order valence-electron chi connectivity index (χ1n) is 27.2. The number of hydrogen-bond acceptors (Lipinski definition) is 14. The second-order valence-electron chi connectivity index (χ2n) is 22.1. The van der Waals surface area contributed by atoms with Crippen molar-refractivity contribution >= 4 is 35.2 Å². The van der Waals surface area contributed by atoms with Gasteiger partial charge in [-0.15, -0.1) is 0 Å². The summed E-state index contributed by atoms with van der Waals surface area (Å²) in [6.45, 7) is 14.6. The van der Waals surface area contributed by atoms with E-state index >= 15 is 0 Å². The number of aromatic nitrogens is 1. The number of Topliss-reactive ketones (excluding diaryl/α,β-unsaturated/α-hetero) is 3. The summed E-state index contributed by atoms with van der Waals surface area (Å²) >= 11 is 0. The minimum atomic E-state index is -2.45. The van der Waals surface area contributed by atoms with E-state index in [1.54, 1.807) is 58.0 Å². The Kier molecular flexibility index (Phi) is 23.3. The molecule has 1 aliphatic carbocycles. The number of methoxy groups -OCH3 is 3. The molecule has 0 radical (unpaired) electrons. The highest BCUT2D eigenvalue weighted by atomic mass is 16.6. The molecular weight excluding hydrogens is 961 g/mol. The summed E-state index contributed by atoms with van der Waals surface area (Å²) in [6, 6.07) is 2.56. The molecule has 2 saturated heterocycles. The number of pyridine rings is 1. The van der Waals surface area contributed by atoms with Crippen molar-refractivity contribution in [2.24, 2.45) is 35.5 Å². The summed E-state index contributed by atoms with van der Waals surface area (Å²) in [6.07, 6.45) is 14.4. The molecule has 3 fully saturated rings. The third-order valence-electron chi connectivity index (χ3n) is 16.1. The largest absolute Gasteiger partial charge is 0.460 e. The molecule has 75 heavy (non-hydrogen) atoms. The van der Waals surface area contributed by atoms with Crippen molar-refractivity contribution in [1.82, 2.24) is 4.90 Å². The first-order valence-corrected chi connectivity index (χ1v) is 27.2. The highest BCUT2D eigenvalue weighted by Gasteiger charge is 2.53. The number of rotatable bonds is 9. The molecule has 2 bridgehead atoms. The predicted molar refractivity (Wildman–Crippen MR) is 280 cm³/mol. The van der Waals surface area contributed by atoms with Gasteiger partial charge in [0.15, 0.2) is 30.4 Å². The number of allylic oxidation sites excluding steroid dienone is 6. The second kappa shape index (κ2) is 28.6. The number of aliphatic hydroxyl groups is 2. The van der Waals surface area contributed by atoms with Crippen LogP contribution < -0.4 is 4.57 Å². The maximum absolute atomic E-state index is 14.6. The van der Waals surface area contributed by atoms with Crippen molar-refractivity contribution in [3.8, 4) is 0 Å². The van der Waals surface area contributed by atoms with Gasteiger partial charge in [0.1, 0.15) is 17.9 Å². The minimum absolute atomic E-state index is 0.0392. The molecule has 1 saturated carbocycles. The lowest BCUT2D eigenvalue weighted by Crippen LogP contribution is -2.61. The van der Waals surface area contributed by atoms with Gasteiger partial charge in [-0.3, -0.25) is 19.2 Å². The fourth-order valence-corrected chi connectivity index (χ4v) is 11.2. The van der Waals surface area contributed by atoms with Crippen LogP contribution in [0.4, 0.5) is 0 Å². The Morgan fingerprint density at radius 3 is 2.25 bits per heavy atom. The third-order valence-corrected chi connectivity index (χ3v) is 16.1. The van der Waals surface area contributed by atoms with Crippen molar-refractivity contribution in [3.05, 3.63) is 77.7 Å². The lowest BCUT2D eigenvalue weighted by atomic mass is 9.78. The summed E-state index contributed by atoms with van der Waals surface area (Å²) in [5.41, 5.74) is 2.30. The zero-order chi connectivity index (χ0) is 55.1. The van der Waals surface area contributed by atoms with E-state index < -0.39 is 89.8 Å². The molecule has 416 valence electrons. The second-order valence-corrected chi connectivity index (χ2v) is 22.1. The summed E-state index contributed by atoms with van der Waals surface area (Å²) in [7, 11) is 4.54. The average Bonchev–Trinajstić information content (AvgIpc) is 3.38. The first kappa shape index (κ1) is 61.1. The smallest absolute Gasteiger partial charge is 0.373 e. The van der Waals surface area contributed by atoms with Gasteiger partial charge in [-0.05, 0) is 119 Å². The molecule has 1 aromatic heterocycles. The van der Waals surface area contributed by atoms with Crippen molar-refractivity contribution < 1.29 is 72.0 Å². The van der Waals surface area contributed by atoms with Crippen LogP contribution in [0.5, 0.6) is 0 Å². The molecule has 4 aliphatic rings. The molecule has 1 aromatic rings. The molecule has 15 atom stereocenters. The molecule has 0 unspecified atom stereocenters. The number of carbonyl (C=O) groups is 6. The zero-order valence-electron chi connectivity index (χ0n) is 46.4. The fraction of sp³-hybridized carbons (Fsp3) is 0.678. The van der Waals surface area contributed by atoms with Gasteiger partial charge in [0, 0.05) is 70.6 Å². The highest BCUT2D eigenvalue weighted by Crippen LogP contribution is 2.38. The van der Waals surface area contributed by atoms with Gasteiger partial charge in [-0.1, -0.05) is 71.1 Å². The van der Waals surface area contributed by atoms with E-state index in [2.05, 4.69) is 0 Å². The normalized spacial score (nSPS) is 35.3. The van der Waals surface area contributed by atoms with Gasteiger partial charge in [-0.25, -0.2) is 9.59 Å². The number of aliphatic hydroxyl groups excluding tert-OH is 1. The molecule has 4 heterocycles. The standard InChI is InChI=1S/C59H87N2O14/c1-36-24-27-60(28-25-36)35-52(64)74-54-42(7)30-39(4)48(63)34-50(40(5)31-44-21-23-47(62)51(32-44)71-10)73-58(68)46-19-15-16-26-61(46)57(67)56(66)59(69)43(8)20-22-45(75-59)33-49(70-9)38(3)18-14-12-13-17-37(2)29-41(6)53(65)55(54)72-11/h12-14,17-18,24-25,27-28,30,37,39-41,43-47,49-51,54-55,62,69H,15-16,19-23,26,29,31-35H2,1-11H3/q+1/b14-12?,17-13+,38-18?,42-30+/t37-,39-,40-,41-,43-,44+,45+,46+,47-,49+,50+,51-,54-,55+,59-/m1/s1. The van der Waals surface area contributed by atoms with E-state index in [4.69, 9.17) is 28.4 Å². The Balaban J connectivity index is 1.53. The topological polar surface area (TPSA) is 205 Å². The monoisotopic (exact) mass is 1050 g/mol. The number of esters is 2. The summed E-state index contributed by atoms with van der Waals surface area (Å²) in [5, 5.41) is 22.6. The van der Waals surface area contributed by atoms with Crippen molar-refractivity contribution in [2.75, 3.05) is 27.9 Å². The van der Waals surface area contributed by atoms with E-state index in [0.717, 1.165) is 11.1 Å². The van der Waals surface area contributed by atoms with Gasteiger partial charge in [0.2, 0.25) is 12.3 Å². The maximum Gasteiger partial charge on any atom is 0.373 e. The van der Waals surface area contributed by atoms with Crippen molar-refractivity contribution in [1.29, 1.82) is 0 Å². The highest BCUT2D eigenvalue weighted by molar-refractivity contribution is 6.39.